The molecule has 0 unspecified atom stereocenters. The topological polar surface area (TPSA) is 55.4 Å². The van der Waals surface area contributed by atoms with Crippen molar-refractivity contribution in [2.24, 2.45) is 0 Å². The molecule has 0 aliphatic rings. The van der Waals surface area contributed by atoms with Gasteiger partial charge in [-0.1, -0.05) is 42.0 Å². The fourth-order valence-corrected chi connectivity index (χ4v) is 2.49. The maximum atomic E-state index is 13.2. The molecular formula is C19H20FNO3. The van der Waals surface area contributed by atoms with Crippen LogP contribution in [0.3, 0.4) is 0 Å². The number of benzene rings is 2. The van der Waals surface area contributed by atoms with Gasteiger partial charge in [-0.2, -0.15) is 0 Å². The van der Waals surface area contributed by atoms with E-state index in [-0.39, 0.29) is 12.3 Å². The number of ether oxygens (including phenoxy) is 1. The molecule has 1 atom stereocenters. The van der Waals surface area contributed by atoms with E-state index in [1.807, 2.05) is 31.2 Å². The van der Waals surface area contributed by atoms with Gasteiger partial charge >= 0.3 is 5.97 Å². The lowest BCUT2D eigenvalue weighted by Crippen LogP contribution is -2.43. The molecular weight excluding hydrogens is 309 g/mol. The number of halogens is 1. The van der Waals surface area contributed by atoms with E-state index < -0.39 is 17.8 Å². The summed E-state index contributed by atoms with van der Waals surface area (Å²) in [5, 5.41) is 2.67. The highest BCUT2D eigenvalue weighted by atomic mass is 19.1. The highest BCUT2D eigenvalue weighted by molar-refractivity contribution is 5.85. The van der Waals surface area contributed by atoms with Crippen LogP contribution in [-0.4, -0.2) is 25.0 Å². The zero-order chi connectivity index (χ0) is 17.5. The third kappa shape index (κ3) is 5.19. The number of carbonyl (C=O) groups excluding carboxylic acids is 2. The van der Waals surface area contributed by atoms with Gasteiger partial charge in [0, 0.05) is 6.42 Å². The SMILES string of the molecule is COC(=O)[C@@H](Cc1cccc(C)c1)NC(=O)Cc1cccc(F)c1. The van der Waals surface area contributed by atoms with Crippen LogP contribution in [0.5, 0.6) is 0 Å². The van der Waals surface area contributed by atoms with Gasteiger partial charge in [0.2, 0.25) is 5.91 Å². The van der Waals surface area contributed by atoms with Gasteiger partial charge in [0.25, 0.3) is 0 Å². The molecule has 1 N–H and O–H groups in total. The van der Waals surface area contributed by atoms with E-state index in [0.717, 1.165) is 11.1 Å². The highest BCUT2D eigenvalue weighted by Crippen LogP contribution is 2.09. The van der Waals surface area contributed by atoms with Crippen LogP contribution in [0.4, 0.5) is 4.39 Å². The summed E-state index contributed by atoms with van der Waals surface area (Å²) in [6.45, 7) is 1.96. The Labute approximate surface area is 140 Å². The number of hydrogen-bond acceptors (Lipinski definition) is 3. The predicted molar refractivity (Wildman–Crippen MR) is 88.9 cm³/mol. The van der Waals surface area contributed by atoms with E-state index in [0.29, 0.717) is 12.0 Å². The number of aryl methyl sites for hydroxylation is 1. The largest absolute Gasteiger partial charge is 0.467 e. The smallest absolute Gasteiger partial charge is 0.328 e. The molecule has 0 saturated heterocycles. The molecule has 1 amide bonds. The summed E-state index contributed by atoms with van der Waals surface area (Å²) in [4.78, 5) is 24.1. The number of rotatable bonds is 6. The molecule has 0 fully saturated rings. The highest BCUT2D eigenvalue weighted by Gasteiger charge is 2.22. The first kappa shape index (κ1) is 17.7. The molecule has 5 heteroatoms. The van der Waals surface area contributed by atoms with E-state index in [4.69, 9.17) is 4.74 Å². The predicted octanol–water partition coefficient (Wildman–Crippen LogP) is 2.58. The average molecular weight is 329 g/mol. The quantitative estimate of drug-likeness (QED) is 0.829. The Morgan fingerprint density at radius 3 is 2.50 bits per heavy atom. The summed E-state index contributed by atoms with van der Waals surface area (Å²) in [5.41, 5.74) is 2.55. The zero-order valence-electron chi connectivity index (χ0n) is 13.7. The lowest BCUT2D eigenvalue weighted by atomic mass is 10.0. The lowest BCUT2D eigenvalue weighted by molar-refractivity contribution is -0.145. The molecule has 0 aliphatic carbocycles. The van der Waals surface area contributed by atoms with Crippen LogP contribution in [0.25, 0.3) is 0 Å². The molecule has 0 spiro atoms. The molecule has 126 valence electrons. The van der Waals surface area contributed by atoms with Crippen molar-refractivity contribution in [2.75, 3.05) is 7.11 Å². The third-order valence-corrected chi connectivity index (χ3v) is 3.60. The van der Waals surface area contributed by atoms with Gasteiger partial charge in [0.15, 0.2) is 0 Å². The molecule has 2 rings (SSSR count). The van der Waals surface area contributed by atoms with Crippen LogP contribution in [0.1, 0.15) is 16.7 Å². The van der Waals surface area contributed by atoms with Crippen LogP contribution in [0.2, 0.25) is 0 Å². The Morgan fingerprint density at radius 1 is 1.12 bits per heavy atom. The molecule has 0 radical (unpaired) electrons. The van der Waals surface area contributed by atoms with Crippen molar-refractivity contribution in [3.05, 3.63) is 71.0 Å². The van der Waals surface area contributed by atoms with E-state index in [1.54, 1.807) is 12.1 Å². The third-order valence-electron chi connectivity index (χ3n) is 3.60. The monoisotopic (exact) mass is 329 g/mol. The second kappa shape index (κ2) is 8.24. The Balaban J connectivity index is 2.05. The fourth-order valence-electron chi connectivity index (χ4n) is 2.49. The summed E-state index contributed by atoms with van der Waals surface area (Å²) in [6.07, 6.45) is 0.336. The van der Waals surface area contributed by atoms with Crippen molar-refractivity contribution in [1.29, 1.82) is 0 Å². The summed E-state index contributed by atoms with van der Waals surface area (Å²) >= 11 is 0. The standard InChI is InChI=1S/C19H20FNO3/c1-13-5-3-6-14(9-13)11-17(19(23)24-2)21-18(22)12-15-7-4-8-16(20)10-15/h3-10,17H,11-12H2,1-2H3,(H,21,22)/t17-/m1/s1. The summed E-state index contributed by atoms with van der Waals surface area (Å²) in [7, 11) is 1.28. The van der Waals surface area contributed by atoms with Crippen LogP contribution >= 0.6 is 0 Å². The second-order valence-electron chi connectivity index (χ2n) is 5.64. The van der Waals surface area contributed by atoms with E-state index in [9.17, 15) is 14.0 Å². The maximum Gasteiger partial charge on any atom is 0.328 e. The van der Waals surface area contributed by atoms with Crippen LogP contribution in [0, 0.1) is 12.7 Å². The number of esters is 1. The van der Waals surface area contributed by atoms with E-state index in [2.05, 4.69) is 5.32 Å². The van der Waals surface area contributed by atoms with Gasteiger partial charge in [-0.25, -0.2) is 9.18 Å². The molecule has 0 aliphatic heterocycles. The van der Waals surface area contributed by atoms with Gasteiger partial charge in [0.1, 0.15) is 11.9 Å². The van der Waals surface area contributed by atoms with Gasteiger partial charge < -0.3 is 10.1 Å². The van der Waals surface area contributed by atoms with E-state index in [1.165, 1.54) is 19.2 Å². The van der Waals surface area contributed by atoms with Gasteiger partial charge in [0.05, 0.1) is 13.5 Å². The maximum absolute atomic E-state index is 13.2. The summed E-state index contributed by atoms with van der Waals surface area (Å²) in [5.74, 6) is -1.27. The zero-order valence-corrected chi connectivity index (χ0v) is 13.7. The van der Waals surface area contributed by atoms with Crippen molar-refractivity contribution in [2.45, 2.75) is 25.8 Å². The number of methoxy groups -OCH3 is 1. The Hall–Kier alpha value is -2.69. The molecule has 0 heterocycles. The molecule has 4 nitrogen and oxygen atoms in total. The van der Waals surface area contributed by atoms with Crippen molar-refractivity contribution >= 4 is 11.9 Å². The Bertz CT molecular complexity index is 730. The Kier molecular flexibility index (Phi) is 6.07. The Morgan fingerprint density at radius 2 is 1.83 bits per heavy atom. The van der Waals surface area contributed by atoms with Crippen LogP contribution < -0.4 is 5.32 Å². The molecule has 0 saturated carbocycles. The number of nitrogens with one attached hydrogen (secondary N) is 1. The molecule has 24 heavy (non-hydrogen) atoms. The van der Waals surface area contributed by atoms with E-state index >= 15 is 0 Å². The van der Waals surface area contributed by atoms with Crippen LogP contribution in [0.15, 0.2) is 48.5 Å². The van der Waals surface area contributed by atoms with Crippen LogP contribution in [-0.2, 0) is 27.2 Å². The van der Waals surface area contributed by atoms with Crippen molar-refractivity contribution < 1.29 is 18.7 Å². The molecule has 2 aromatic rings. The van der Waals surface area contributed by atoms with Crippen molar-refractivity contribution in [3.63, 3.8) is 0 Å². The van der Waals surface area contributed by atoms with Gasteiger partial charge in [-0.05, 0) is 30.2 Å². The minimum absolute atomic E-state index is 0.000921. The molecule has 0 bridgehead atoms. The van der Waals surface area contributed by atoms with Gasteiger partial charge in [-0.15, -0.1) is 0 Å². The lowest BCUT2D eigenvalue weighted by Gasteiger charge is -2.17. The minimum atomic E-state index is -0.780. The molecule has 2 aromatic carbocycles. The summed E-state index contributed by atoms with van der Waals surface area (Å²) < 4.78 is 18.0. The van der Waals surface area contributed by atoms with Crippen molar-refractivity contribution in [3.8, 4) is 0 Å². The first-order valence-corrected chi connectivity index (χ1v) is 7.65. The molecule has 0 aromatic heterocycles. The number of hydrogen-bond donors (Lipinski definition) is 1. The second-order valence-corrected chi connectivity index (χ2v) is 5.64. The first-order valence-electron chi connectivity index (χ1n) is 7.65. The fraction of sp³-hybridized carbons (Fsp3) is 0.263. The first-order chi connectivity index (χ1) is 11.5. The average Bonchev–Trinajstić information content (AvgIpc) is 2.53. The van der Waals surface area contributed by atoms with Crippen molar-refractivity contribution in [1.82, 2.24) is 5.32 Å². The normalized spacial score (nSPS) is 11.6. The number of carbonyl (C=O) groups is 2. The number of amides is 1. The summed E-state index contributed by atoms with van der Waals surface area (Å²) in [6, 6.07) is 12.7. The van der Waals surface area contributed by atoms with Gasteiger partial charge in [-0.3, -0.25) is 4.79 Å². The minimum Gasteiger partial charge on any atom is -0.467 e.